The third-order valence-electron chi connectivity index (χ3n) is 2.53. The van der Waals surface area contributed by atoms with Crippen LogP contribution in [0.15, 0.2) is 0 Å². The summed E-state index contributed by atoms with van der Waals surface area (Å²) in [6, 6.07) is 2.33. The molecule has 0 bridgehead atoms. The fourth-order valence-corrected chi connectivity index (χ4v) is 1.66. The van der Waals surface area contributed by atoms with E-state index in [1.807, 2.05) is 13.8 Å². The second-order valence-electron chi connectivity index (χ2n) is 4.46. The first-order valence-electron chi connectivity index (χ1n) is 4.71. The molecule has 12 heavy (non-hydrogen) atoms. The summed E-state index contributed by atoms with van der Waals surface area (Å²) in [5, 5.41) is 8.81. The third-order valence-corrected chi connectivity index (χ3v) is 2.53. The highest BCUT2D eigenvalue weighted by Gasteiger charge is 2.30. The lowest BCUT2D eigenvalue weighted by Gasteiger charge is -2.41. The van der Waals surface area contributed by atoms with Crippen LogP contribution < -0.4 is 0 Å². The van der Waals surface area contributed by atoms with Crippen LogP contribution in [0.5, 0.6) is 0 Å². The van der Waals surface area contributed by atoms with E-state index in [0.717, 1.165) is 12.5 Å². The highest BCUT2D eigenvalue weighted by atomic mass is 15.2. The van der Waals surface area contributed by atoms with Gasteiger partial charge in [0.1, 0.15) is 0 Å². The Labute approximate surface area is 75.2 Å². The molecule has 0 aliphatic carbocycles. The van der Waals surface area contributed by atoms with E-state index in [1.165, 1.54) is 19.5 Å². The molecule has 0 aromatic rings. The molecule has 0 aromatic carbocycles. The monoisotopic (exact) mass is 166 g/mol. The van der Waals surface area contributed by atoms with Crippen LogP contribution in [0, 0.1) is 22.7 Å². The number of nitriles is 1. The molecule has 0 amide bonds. The van der Waals surface area contributed by atoms with Crippen molar-refractivity contribution in [2.45, 2.75) is 27.2 Å². The van der Waals surface area contributed by atoms with Gasteiger partial charge in [-0.3, -0.25) is 0 Å². The Balaban J connectivity index is 2.24. The lowest BCUT2D eigenvalue weighted by Crippen LogP contribution is -2.49. The average Bonchev–Trinajstić information content (AvgIpc) is 1.96. The van der Waals surface area contributed by atoms with Gasteiger partial charge in [0.15, 0.2) is 0 Å². The second kappa shape index (κ2) is 3.45. The summed E-state index contributed by atoms with van der Waals surface area (Å²) in [5.41, 5.74) is -0.168. The van der Waals surface area contributed by atoms with E-state index < -0.39 is 0 Å². The number of rotatable bonds is 3. The standard InChI is InChI=1S/C10H18N2/c1-4-9-5-12(6-9)8-10(2,3)7-11/h9H,4-6,8H2,1-3H3. The Bertz CT molecular complexity index is 185. The maximum absolute atomic E-state index is 8.81. The SMILES string of the molecule is CCC1CN(CC(C)(C)C#N)C1. The summed E-state index contributed by atoms with van der Waals surface area (Å²) in [6.45, 7) is 9.57. The highest BCUT2D eigenvalue weighted by Crippen LogP contribution is 2.24. The summed E-state index contributed by atoms with van der Waals surface area (Å²) < 4.78 is 0. The van der Waals surface area contributed by atoms with Gasteiger partial charge in [0.2, 0.25) is 0 Å². The van der Waals surface area contributed by atoms with Crippen LogP contribution in [0.2, 0.25) is 0 Å². The van der Waals surface area contributed by atoms with Crippen LogP contribution in [-0.2, 0) is 0 Å². The molecule has 1 rings (SSSR count). The predicted octanol–water partition coefficient (Wildman–Crippen LogP) is 1.88. The molecule has 0 spiro atoms. The van der Waals surface area contributed by atoms with Gasteiger partial charge in [-0.05, 0) is 19.8 Å². The summed E-state index contributed by atoms with van der Waals surface area (Å²) in [5.74, 6) is 0.888. The molecule has 0 radical (unpaired) electrons. The van der Waals surface area contributed by atoms with Gasteiger partial charge in [0.25, 0.3) is 0 Å². The van der Waals surface area contributed by atoms with E-state index in [9.17, 15) is 0 Å². The summed E-state index contributed by atoms with van der Waals surface area (Å²) in [4.78, 5) is 2.37. The fraction of sp³-hybridized carbons (Fsp3) is 0.900. The lowest BCUT2D eigenvalue weighted by atomic mass is 9.90. The second-order valence-corrected chi connectivity index (χ2v) is 4.46. The summed E-state index contributed by atoms with van der Waals surface area (Å²) >= 11 is 0. The van der Waals surface area contributed by atoms with Crippen molar-refractivity contribution in [3.8, 4) is 6.07 Å². The van der Waals surface area contributed by atoms with Gasteiger partial charge in [-0.25, -0.2) is 0 Å². The molecule has 0 saturated carbocycles. The van der Waals surface area contributed by atoms with Crippen LogP contribution in [-0.4, -0.2) is 24.5 Å². The molecule has 1 aliphatic heterocycles. The van der Waals surface area contributed by atoms with Crippen molar-refractivity contribution in [1.29, 1.82) is 5.26 Å². The van der Waals surface area contributed by atoms with E-state index >= 15 is 0 Å². The first kappa shape index (κ1) is 9.54. The highest BCUT2D eigenvalue weighted by molar-refractivity contribution is 4.96. The Hall–Kier alpha value is -0.550. The maximum atomic E-state index is 8.81. The molecule has 1 heterocycles. The molecule has 0 atom stereocenters. The van der Waals surface area contributed by atoms with Crippen LogP contribution in [0.1, 0.15) is 27.2 Å². The van der Waals surface area contributed by atoms with Gasteiger partial charge in [-0.2, -0.15) is 5.26 Å². The van der Waals surface area contributed by atoms with Gasteiger partial charge < -0.3 is 4.90 Å². The summed E-state index contributed by atoms with van der Waals surface area (Å²) in [6.07, 6.45) is 1.28. The van der Waals surface area contributed by atoms with Crippen molar-refractivity contribution >= 4 is 0 Å². The topological polar surface area (TPSA) is 27.0 Å². The van der Waals surface area contributed by atoms with Crippen molar-refractivity contribution in [3.05, 3.63) is 0 Å². The zero-order valence-corrected chi connectivity index (χ0v) is 8.30. The van der Waals surface area contributed by atoms with Gasteiger partial charge in [0.05, 0.1) is 11.5 Å². The van der Waals surface area contributed by atoms with Crippen LogP contribution >= 0.6 is 0 Å². The fourth-order valence-electron chi connectivity index (χ4n) is 1.66. The first-order valence-corrected chi connectivity index (χ1v) is 4.71. The third kappa shape index (κ3) is 2.22. The maximum Gasteiger partial charge on any atom is 0.0697 e. The minimum atomic E-state index is -0.168. The van der Waals surface area contributed by atoms with Gasteiger partial charge in [-0.1, -0.05) is 13.3 Å². The van der Waals surface area contributed by atoms with Gasteiger partial charge in [-0.15, -0.1) is 0 Å². The quantitative estimate of drug-likeness (QED) is 0.640. The largest absolute Gasteiger partial charge is 0.301 e. The van der Waals surface area contributed by atoms with Crippen LogP contribution in [0.25, 0.3) is 0 Å². The van der Waals surface area contributed by atoms with Gasteiger partial charge in [0, 0.05) is 19.6 Å². The zero-order chi connectivity index (χ0) is 9.19. The molecular formula is C10H18N2. The Kier molecular flexibility index (Phi) is 2.74. The number of likely N-dealkylation sites (tertiary alicyclic amines) is 1. The van der Waals surface area contributed by atoms with Crippen LogP contribution in [0.3, 0.4) is 0 Å². The van der Waals surface area contributed by atoms with Crippen molar-refractivity contribution in [1.82, 2.24) is 4.90 Å². The summed E-state index contributed by atoms with van der Waals surface area (Å²) in [7, 11) is 0. The van der Waals surface area contributed by atoms with E-state index in [4.69, 9.17) is 5.26 Å². The van der Waals surface area contributed by atoms with E-state index in [-0.39, 0.29) is 5.41 Å². The molecule has 2 heteroatoms. The molecule has 2 nitrogen and oxygen atoms in total. The normalized spacial score (nSPS) is 20.2. The number of hydrogen-bond donors (Lipinski definition) is 0. The van der Waals surface area contributed by atoms with Gasteiger partial charge >= 0.3 is 0 Å². The Morgan fingerprint density at radius 2 is 2.08 bits per heavy atom. The van der Waals surface area contributed by atoms with E-state index in [2.05, 4.69) is 17.9 Å². The molecule has 1 saturated heterocycles. The molecule has 1 fully saturated rings. The Morgan fingerprint density at radius 3 is 2.50 bits per heavy atom. The molecule has 68 valence electrons. The molecule has 1 aliphatic rings. The molecule has 0 N–H and O–H groups in total. The minimum Gasteiger partial charge on any atom is -0.301 e. The molecule has 0 unspecified atom stereocenters. The Morgan fingerprint density at radius 1 is 1.50 bits per heavy atom. The van der Waals surface area contributed by atoms with Crippen molar-refractivity contribution in [3.63, 3.8) is 0 Å². The molecular weight excluding hydrogens is 148 g/mol. The van der Waals surface area contributed by atoms with Crippen molar-refractivity contribution in [2.24, 2.45) is 11.3 Å². The van der Waals surface area contributed by atoms with E-state index in [0.29, 0.717) is 0 Å². The lowest BCUT2D eigenvalue weighted by molar-refractivity contribution is 0.0714. The predicted molar refractivity (Wildman–Crippen MR) is 49.6 cm³/mol. The average molecular weight is 166 g/mol. The smallest absolute Gasteiger partial charge is 0.0697 e. The van der Waals surface area contributed by atoms with E-state index in [1.54, 1.807) is 0 Å². The number of nitrogens with zero attached hydrogens (tertiary/aromatic N) is 2. The molecule has 0 aromatic heterocycles. The first-order chi connectivity index (χ1) is 5.57. The van der Waals surface area contributed by atoms with Crippen molar-refractivity contribution < 1.29 is 0 Å². The zero-order valence-electron chi connectivity index (χ0n) is 8.30. The minimum absolute atomic E-state index is 0.168. The number of hydrogen-bond acceptors (Lipinski definition) is 2. The van der Waals surface area contributed by atoms with Crippen molar-refractivity contribution in [2.75, 3.05) is 19.6 Å². The van der Waals surface area contributed by atoms with Crippen LogP contribution in [0.4, 0.5) is 0 Å².